The largest absolute Gasteiger partial charge is 0.497 e. The Morgan fingerprint density at radius 3 is 2.91 bits per heavy atom. The highest BCUT2D eigenvalue weighted by atomic mass is 32.2. The Bertz CT molecular complexity index is 894. The molecule has 182 valence electrons. The molecule has 0 amide bonds. The molecule has 2 N–H and O–H groups in total. The fourth-order valence-electron chi connectivity index (χ4n) is 5.00. The molecular weight excluding hydrogens is 436 g/mol. The van der Waals surface area contributed by atoms with Gasteiger partial charge in [-0.2, -0.15) is 11.8 Å². The van der Waals surface area contributed by atoms with Crippen LogP contribution in [0, 0.1) is 11.8 Å². The van der Waals surface area contributed by atoms with Crippen LogP contribution in [0.4, 0.5) is 0 Å². The number of fused-ring (bicyclic) bond motifs is 1. The number of methoxy groups -OCH3 is 1. The Morgan fingerprint density at radius 2 is 2.15 bits per heavy atom. The van der Waals surface area contributed by atoms with Crippen LogP contribution in [0.15, 0.2) is 30.5 Å². The average molecular weight is 475 g/mol. The van der Waals surface area contributed by atoms with E-state index in [0.29, 0.717) is 24.7 Å². The van der Waals surface area contributed by atoms with Crippen molar-refractivity contribution in [2.24, 2.45) is 11.8 Å². The highest BCUT2D eigenvalue weighted by Crippen LogP contribution is 2.35. The van der Waals surface area contributed by atoms with Gasteiger partial charge < -0.3 is 19.8 Å². The molecular formula is C26H38N2O4S. The number of aromatic nitrogens is 1. The van der Waals surface area contributed by atoms with E-state index in [1.807, 2.05) is 36.0 Å². The summed E-state index contributed by atoms with van der Waals surface area (Å²) in [6.07, 6.45) is 5.93. The van der Waals surface area contributed by atoms with E-state index in [4.69, 9.17) is 4.74 Å². The number of aliphatic carboxylic acids is 1. The lowest BCUT2D eigenvalue weighted by atomic mass is 9.79. The zero-order valence-electron chi connectivity index (χ0n) is 19.9. The summed E-state index contributed by atoms with van der Waals surface area (Å²) < 4.78 is 5.36. The number of rotatable bonds is 13. The molecule has 7 heteroatoms. The predicted molar refractivity (Wildman–Crippen MR) is 135 cm³/mol. The number of ether oxygens (including phenoxy) is 1. The average Bonchev–Trinajstić information content (AvgIpc) is 2.83. The fraction of sp³-hybridized carbons (Fsp3) is 0.615. The minimum Gasteiger partial charge on any atom is -0.497 e. The maximum atomic E-state index is 11.2. The molecule has 1 aliphatic rings. The van der Waals surface area contributed by atoms with Gasteiger partial charge in [0.05, 0.1) is 18.7 Å². The van der Waals surface area contributed by atoms with E-state index < -0.39 is 12.1 Å². The van der Waals surface area contributed by atoms with Crippen molar-refractivity contribution in [3.8, 4) is 5.75 Å². The molecule has 1 saturated heterocycles. The first-order valence-electron chi connectivity index (χ1n) is 12.1. The monoisotopic (exact) mass is 474 g/mol. The number of pyridine rings is 1. The standard InChI is InChI=1S/C26H38N2O4S/c1-3-33-16-4-14-28-15-12-19(20(18-28)6-10-26(30)31)5-9-25(29)22-11-13-27-24-8-7-21(32-2)17-23(22)24/h7-8,11,13,17,19-20,25,29H,3-6,9-10,12,14-16,18H2,1-2H3,(H,30,31)/t19-,20-,25-/m1/s1. The lowest BCUT2D eigenvalue weighted by Gasteiger charge is -2.39. The van der Waals surface area contributed by atoms with Crippen LogP contribution >= 0.6 is 11.8 Å². The number of hydrogen-bond donors (Lipinski definition) is 2. The van der Waals surface area contributed by atoms with Crippen molar-refractivity contribution in [3.05, 3.63) is 36.0 Å². The fourth-order valence-corrected chi connectivity index (χ4v) is 5.62. The molecule has 2 aromatic rings. The molecule has 1 aliphatic heterocycles. The summed E-state index contributed by atoms with van der Waals surface area (Å²) in [7, 11) is 1.64. The van der Waals surface area contributed by atoms with Gasteiger partial charge in [-0.05, 0) is 98.4 Å². The molecule has 3 atom stereocenters. The molecule has 0 unspecified atom stereocenters. The van der Waals surface area contributed by atoms with Gasteiger partial charge in [0, 0.05) is 24.5 Å². The van der Waals surface area contributed by atoms with Crippen LogP contribution in [0.5, 0.6) is 5.75 Å². The van der Waals surface area contributed by atoms with Gasteiger partial charge in [0.2, 0.25) is 0 Å². The molecule has 6 nitrogen and oxygen atoms in total. The third-order valence-corrected chi connectivity index (χ3v) is 7.81. The predicted octanol–water partition coefficient (Wildman–Crippen LogP) is 5.00. The molecule has 0 saturated carbocycles. The Labute approximate surface area is 201 Å². The Morgan fingerprint density at radius 1 is 1.30 bits per heavy atom. The molecule has 1 aromatic carbocycles. The number of carboxylic acid groups (broad SMARTS) is 1. The third-order valence-electron chi connectivity index (χ3n) is 6.82. The number of benzene rings is 1. The summed E-state index contributed by atoms with van der Waals surface area (Å²) in [5, 5.41) is 21.2. The van der Waals surface area contributed by atoms with Gasteiger partial charge in [0.1, 0.15) is 5.75 Å². The topological polar surface area (TPSA) is 82.9 Å². The van der Waals surface area contributed by atoms with Crippen LogP contribution in [0.25, 0.3) is 10.9 Å². The van der Waals surface area contributed by atoms with Crippen molar-refractivity contribution in [1.82, 2.24) is 9.88 Å². The zero-order valence-corrected chi connectivity index (χ0v) is 20.7. The molecule has 2 heterocycles. The maximum absolute atomic E-state index is 11.2. The molecule has 1 fully saturated rings. The van der Waals surface area contributed by atoms with E-state index in [2.05, 4.69) is 16.8 Å². The number of carbonyl (C=O) groups is 1. The highest BCUT2D eigenvalue weighted by molar-refractivity contribution is 7.99. The van der Waals surface area contributed by atoms with Crippen LogP contribution in [-0.2, 0) is 4.79 Å². The van der Waals surface area contributed by atoms with Gasteiger partial charge in [0.25, 0.3) is 0 Å². The zero-order chi connectivity index (χ0) is 23.6. The molecule has 1 aromatic heterocycles. The van der Waals surface area contributed by atoms with Crippen molar-refractivity contribution in [3.63, 3.8) is 0 Å². The maximum Gasteiger partial charge on any atom is 0.303 e. The van der Waals surface area contributed by atoms with E-state index >= 15 is 0 Å². The summed E-state index contributed by atoms with van der Waals surface area (Å²) in [4.78, 5) is 18.2. The van der Waals surface area contributed by atoms with Gasteiger partial charge in [-0.3, -0.25) is 9.78 Å². The summed E-state index contributed by atoms with van der Waals surface area (Å²) in [5.41, 5.74) is 1.73. The second-order valence-electron chi connectivity index (χ2n) is 8.97. The van der Waals surface area contributed by atoms with E-state index in [1.54, 1.807) is 13.3 Å². The summed E-state index contributed by atoms with van der Waals surface area (Å²) in [5.74, 6) is 3.20. The Hall–Kier alpha value is -1.83. The van der Waals surface area contributed by atoms with E-state index in [9.17, 15) is 15.0 Å². The van der Waals surface area contributed by atoms with Crippen LogP contribution in [0.3, 0.4) is 0 Å². The Kier molecular flexibility index (Phi) is 10.3. The van der Waals surface area contributed by atoms with Crippen molar-refractivity contribution in [2.45, 2.75) is 51.6 Å². The normalized spacial score (nSPS) is 20.1. The number of thioether (sulfide) groups is 1. The number of likely N-dealkylation sites (tertiary alicyclic amines) is 1. The van der Waals surface area contributed by atoms with Gasteiger partial charge in [0.15, 0.2) is 0 Å². The third kappa shape index (κ3) is 7.59. The first kappa shape index (κ1) is 25.8. The highest BCUT2D eigenvalue weighted by Gasteiger charge is 2.30. The van der Waals surface area contributed by atoms with E-state index in [1.165, 1.54) is 12.2 Å². The molecule has 0 radical (unpaired) electrons. The summed E-state index contributed by atoms with van der Waals surface area (Å²) in [6, 6.07) is 7.63. The number of aliphatic hydroxyl groups is 1. The molecule has 33 heavy (non-hydrogen) atoms. The van der Waals surface area contributed by atoms with Gasteiger partial charge in [-0.15, -0.1) is 0 Å². The number of nitrogens with zero attached hydrogens (tertiary/aromatic N) is 2. The first-order chi connectivity index (χ1) is 16.0. The molecule has 0 aliphatic carbocycles. The molecule has 0 bridgehead atoms. The van der Waals surface area contributed by atoms with Crippen LogP contribution in [0.2, 0.25) is 0 Å². The van der Waals surface area contributed by atoms with Crippen LogP contribution in [0.1, 0.15) is 57.1 Å². The second kappa shape index (κ2) is 13.2. The number of aliphatic hydroxyl groups excluding tert-OH is 1. The van der Waals surface area contributed by atoms with Crippen molar-refractivity contribution < 1.29 is 19.7 Å². The number of carboxylic acids is 1. The lowest BCUT2D eigenvalue weighted by Crippen LogP contribution is -2.41. The van der Waals surface area contributed by atoms with E-state index in [-0.39, 0.29) is 6.42 Å². The Balaban J connectivity index is 1.62. The van der Waals surface area contributed by atoms with Crippen molar-refractivity contribution in [1.29, 1.82) is 0 Å². The summed E-state index contributed by atoms with van der Waals surface area (Å²) >= 11 is 1.98. The minimum absolute atomic E-state index is 0.220. The number of hydrogen-bond acceptors (Lipinski definition) is 6. The smallest absolute Gasteiger partial charge is 0.303 e. The van der Waals surface area contributed by atoms with Crippen molar-refractivity contribution in [2.75, 3.05) is 38.2 Å². The van der Waals surface area contributed by atoms with Gasteiger partial charge >= 0.3 is 5.97 Å². The van der Waals surface area contributed by atoms with Gasteiger partial charge in [-0.1, -0.05) is 6.92 Å². The van der Waals surface area contributed by atoms with Crippen molar-refractivity contribution >= 4 is 28.6 Å². The lowest BCUT2D eigenvalue weighted by molar-refractivity contribution is -0.137. The number of piperidine rings is 1. The van der Waals surface area contributed by atoms with Crippen LogP contribution < -0.4 is 4.74 Å². The molecule has 0 spiro atoms. The quantitative estimate of drug-likeness (QED) is 0.395. The second-order valence-corrected chi connectivity index (χ2v) is 10.4. The van der Waals surface area contributed by atoms with E-state index in [0.717, 1.165) is 60.4 Å². The van der Waals surface area contributed by atoms with Gasteiger partial charge in [-0.25, -0.2) is 0 Å². The first-order valence-corrected chi connectivity index (χ1v) is 13.3. The molecule has 3 rings (SSSR count). The van der Waals surface area contributed by atoms with Crippen LogP contribution in [-0.4, -0.2) is 64.3 Å². The SMILES string of the molecule is CCSCCCN1CC[C@@H](CC[C@@H](O)c2ccnc3ccc(OC)cc23)[C@H](CCC(=O)O)C1. The summed E-state index contributed by atoms with van der Waals surface area (Å²) in [6.45, 7) is 5.32. The minimum atomic E-state index is -0.720.